The Kier molecular flexibility index (Phi) is 2.34. The molecule has 2 atom stereocenters. The summed E-state index contributed by atoms with van der Waals surface area (Å²) in [6, 6.07) is 4.92. The Morgan fingerprint density at radius 2 is 2.07 bits per heavy atom. The number of rotatable bonds is 0. The van der Waals surface area contributed by atoms with Crippen LogP contribution in [0.4, 0.5) is 4.39 Å². The molecule has 0 saturated carbocycles. The van der Waals surface area contributed by atoms with E-state index in [4.69, 9.17) is 0 Å². The van der Waals surface area contributed by atoms with Gasteiger partial charge in [-0.2, -0.15) is 0 Å². The molecule has 1 aliphatic carbocycles. The molecule has 82 valence electrons. The lowest BCUT2D eigenvalue weighted by atomic mass is 9.68. The third kappa shape index (κ3) is 1.67. The van der Waals surface area contributed by atoms with Crippen molar-refractivity contribution in [3.8, 4) is 0 Å². The molecule has 1 aromatic carbocycles. The summed E-state index contributed by atoms with van der Waals surface area (Å²) in [4.78, 5) is 0. The minimum Gasteiger partial charge on any atom is -0.392 e. The topological polar surface area (TPSA) is 20.2 Å². The molecule has 0 radical (unpaired) electrons. The SMILES string of the molecule is C[C@H]1c2cc(F)ccc2C(C)(C)CC1O. The largest absolute Gasteiger partial charge is 0.392 e. The first-order valence-electron chi connectivity index (χ1n) is 5.40. The highest BCUT2D eigenvalue weighted by Gasteiger charge is 2.36. The Morgan fingerprint density at radius 3 is 2.73 bits per heavy atom. The summed E-state index contributed by atoms with van der Waals surface area (Å²) in [5, 5.41) is 9.93. The van der Waals surface area contributed by atoms with Crippen molar-refractivity contribution in [2.24, 2.45) is 0 Å². The van der Waals surface area contributed by atoms with Gasteiger partial charge in [0.2, 0.25) is 0 Å². The zero-order valence-corrected chi connectivity index (χ0v) is 9.42. The molecule has 1 nitrogen and oxygen atoms in total. The van der Waals surface area contributed by atoms with Gasteiger partial charge in [-0.15, -0.1) is 0 Å². The average Bonchev–Trinajstić information content (AvgIpc) is 2.13. The van der Waals surface area contributed by atoms with Gasteiger partial charge in [0.1, 0.15) is 5.82 Å². The molecule has 0 spiro atoms. The molecule has 1 unspecified atom stereocenters. The molecule has 2 rings (SSSR count). The molecule has 0 heterocycles. The van der Waals surface area contributed by atoms with E-state index in [0.717, 1.165) is 12.0 Å². The fraction of sp³-hybridized carbons (Fsp3) is 0.538. The Labute approximate surface area is 89.9 Å². The van der Waals surface area contributed by atoms with Crippen molar-refractivity contribution in [2.75, 3.05) is 0 Å². The van der Waals surface area contributed by atoms with E-state index in [-0.39, 0.29) is 23.3 Å². The monoisotopic (exact) mass is 208 g/mol. The number of benzene rings is 1. The zero-order valence-electron chi connectivity index (χ0n) is 9.42. The van der Waals surface area contributed by atoms with Crippen LogP contribution >= 0.6 is 0 Å². The second-order valence-corrected chi connectivity index (χ2v) is 5.18. The summed E-state index contributed by atoms with van der Waals surface area (Å²) in [6.45, 7) is 6.15. The van der Waals surface area contributed by atoms with Crippen molar-refractivity contribution >= 4 is 0 Å². The maximum atomic E-state index is 13.2. The van der Waals surface area contributed by atoms with Crippen molar-refractivity contribution in [3.63, 3.8) is 0 Å². The van der Waals surface area contributed by atoms with E-state index in [1.807, 2.05) is 13.0 Å². The molecular weight excluding hydrogens is 191 g/mol. The molecule has 1 aromatic rings. The zero-order chi connectivity index (χ0) is 11.2. The summed E-state index contributed by atoms with van der Waals surface area (Å²) >= 11 is 0. The van der Waals surface area contributed by atoms with E-state index >= 15 is 0 Å². The summed E-state index contributed by atoms with van der Waals surface area (Å²) in [7, 11) is 0. The van der Waals surface area contributed by atoms with Crippen LogP contribution in [0.15, 0.2) is 18.2 Å². The lowest BCUT2D eigenvalue weighted by Gasteiger charge is -2.39. The van der Waals surface area contributed by atoms with Gasteiger partial charge in [-0.25, -0.2) is 4.39 Å². The van der Waals surface area contributed by atoms with Gasteiger partial charge in [-0.3, -0.25) is 0 Å². The Hall–Kier alpha value is -0.890. The number of hydrogen-bond donors (Lipinski definition) is 1. The van der Waals surface area contributed by atoms with Gasteiger partial charge in [0.25, 0.3) is 0 Å². The predicted octanol–water partition coefficient (Wildman–Crippen LogP) is 2.97. The molecule has 2 heteroatoms. The highest BCUT2D eigenvalue weighted by Crippen LogP contribution is 2.42. The van der Waals surface area contributed by atoms with E-state index < -0.39 is 0 Å². The first kappa shape index (κ1) is 10.6. The van der Waals surface area contributed by atoms with Crippen molar-refractivity contribution in [1.82, 2.24) is 0 Å². The molecule has 0 aromatic heterocycles. The quantitative estimate of drug-likeness (QED) is 0.695. The van der Waals surface area contributed by atoms with Gasteiger partial charge >= 0.3 is 0 Å². The summed E-state index contributed by atoms with van der Waals surface area (Å²) in [5.74, 6) is -0.186. The highest BCUT2D eigenvalue weighted by molar-refractivity contribution is 5.39. The van der Waals surface area contributed by atoms with Crippen LogP contribution in [0.3, 0.4) is 0 Å². The summed E-state index contributed by atoms with van der Waals surface area (Å²) in [5.41, 5.74) is 2.06. The number of hydrogen-bond acceptors (Lipinski definition) is 1. The minimum atomic E-state index is -0.366. The van der Waals surface area contributed by atoms with E-state index in [9.17, 15) is 9.50 Å². The minimum absolute atomic E-state index is 0.0312. The molecule has 0 fully saturated rings. The van der Waals surface area contributed by atoms with Crippen LogP contribution in [-0.4, -0.2) is 11.2 Å². The van der Waals surface area contributed by atoms with Crippen LogP contribution in [0.2, 0.25) is 0 Å². The van der Waals surface area contributed by atoms with Gasteiger partial charge in [-0.1, -0.05) is 26.8 Å². The summed E-state index contributed by atoms with van der Waals surface area (Å²) < 4.78 is 13.2. The second-order valence-electron chi connectivity index (χ2n) is 5.18. The first-order valence-corrected chi connectivity index (χ1v) is 5.40. The molecule has 1 N–H and O–H groups in total. The lowest BCUT2D eigenvalue weighted by molar-refractivity contribution is 0.103. The van der Waals surface area contributed by atoms with E-state index in [2.05, 4.69) is 13.8 Å². The van der Waals surface area contributed by atoms with E-state index in [0.29, 0.717) is 0 Å². The first-order chi connectivity index (χ1) is 6.92. The predicted molar refractivity (Wildman–Crippen MR) is 58.5 cm³/mol. The standard InChI is InChI=1S/C13H17FO/c1-8-10-6-9(14)4-5-11(10)13(2,3)7-12(8)15/h4-6,8,12,15H,7H2,1-3H3/t8-,12?/m0/s1. The molecule has 0 saturated heterocycles. The Morgan fingerprint density at radius 1 is 1.40 bits per heavy atom. The third-order valence-electron chi connectivity index (χ3n) is 3.53. The van der Waals surface area contributed by atoms with Crippen LogP contribution in [-0.2, 0) is 5.41 Å². The van der Waals surface area contributed by atoms with Crippen LogP contribution in [0.1, 0.15) is 44.2 Å². The molecular formula is C13H17FO. The maximum absolute atomic E-state index is 13.2. The molecule has 1 aliphatic rings. The fourth-order valence-corrected chi connectivity index (χ4v) is 2.54. The van der Waals surface area contributed by atoms with Crippen molar-refractivity contribution in [3.05, 3.63) is 35.1 Å². The van der Waals surface area contributed by atoms with Gasteiger partial charge in [0.05, 0.1) is 6.10 Å². The van der Waals surface area contributed by atoms with Gasteiger partial charge < -0.3 is 5.11 Å². The Balaban J connectivity index is 2.59. The van der Waals surface area contributed by atoms with Crippen LogP contribution in [0.25, 0.3) is 0 Å². The van der Waals surface area contributed by atoms with Crippen molar-refractivity contribution in [2.45, 2.75) is 44.6 Å². The lowest BCUT2D eigenvalue weighted by Crippen LogP contribution is -2.35. The van der Waals surface area contributed by atoms with Gasteiger partial charge in [0, 0.05) is 5.92 Å². The molecule has 0 bridgehead atoms. The fourth-order valence-electron chi connectivity index (χ4n) is 2.54. The number of aliphatic hydroxyl groups is 1. The summed E-state index contributed by atoms with van der Waals surface area (Å²) in [6.07, 6.45) is 0.376. The number of halogens is 1. The van der Waals surface area contributed by atoms with Gasteiger partial charge in [-0.05, 0) is 35.1 Å². The smallest absolute Gasteiger partial charge is 0.123 e. The Bertz CT molecular complexity index is 384. The van der Waals surface area contributed by atoms with Crippen molar-refractivity contribution in [1.29, 1.82) is 0 Å². The third-order valence-corrected chi connectivity index (χ3v) is 3.53. The van der Waals surface area contributed by atoms with E-state index in [1.165, 1.54) is 11.6 Å². The van der Waals surface area contributed by atoms with Gasteiger partial charge in [0.15, 0.2) is 0 Å². The van der Waals surface area contributed by atoms with Crippen molar-refractivity contribution < 1.29 is 9.50 Å². The second kappa shape index (κ2) is 3.31. The van der Waals surface area contributed by atoms with Crippen LogP contribution in [0.5, 0.6) is 0 Å². The van der Waals surface area contributed by atoms with Crippen LogP contribution < -0.4 is 0 Å². The maximum Gasteiger partial charge on any atom is 0.123 e. The molecule has 15 heavy (non-hydrogen) atoms. The number of aliphatic hydroxyl groups excluding tert-OH is 1. The van der Waals surface area contributed by atoms with Crippen LogP contribution in [0, 0.1) is 5.82 Å². The average molecular weight is 208 g/mol. The normalized spacial score (nSPS) is 28.6. The highest BCUT2D eigenvalue weighted by atomic mass is 19.1. The molecule has 0 aliphatic heterocycles. The number of fused-ring (bicyclic) bond motifs is 1. The van der Waals surface area contributed by atoms with E-state index in [1.54, 1.807) is 6.07 Å². The molecule has 0 amide bonds.